The number of hydrogen-bond donors (Lipinski definition) is 0. The summed E-state index contributed by atoms with van der Waals surface area (Å²) in [5.41, 5.74) is 4.28. The Morgan fingerprint density at radius 1 is 0.917 bits per heavy atom. The number of unbranched alkanes of at least 4 members (excludes halogenated alkanes) is 1. The van der Waals surface area contributed by atoms with Crippen LogP contribution in [0.2, 0.25) is 0 Å². The molecule has 122 valence electrons. The van der Waals surface area contributed by atoms with Crippen LogP contribution in [0.3, 0.4) is 0 Å². The molecule has 0 radical (unpaired) electrons. The number of fused-ring (bicyclic) bond motifs is 1. The van der Waals surface area contributed by atoms with E-state index in [1.807, 2.05) is 6.08 Å². The highest BCUT2D eigenvalue weighted by Crippen LogP contribution is 2.33. The fourth-order valence-corrected chi connectivity index (χ4v) is 3.56. The molecule has 3 aromatic rings. The zero-order valence-corrected chi connectivity index (χ0v) is 14.5. The van der Waals surface area contributed by atoms with E-state index in [0.29, 0.717) is 5.92 Å². The topological polar surface area (TPSA) is 0 Å². The Kier molecular flexibility index (Phi) is 5.48. The summed E-state index contributed by atoms with van der Waals surface area (Å²) in [7, 11) is 0. The maximum atomic E-state index is 3.80. The molecule has 0 saturated heterocycles. The normalized spacial score (nSPS) is 12.2. The maximum absolute atomic E-state index is 3.80. The number of benzene rings is 3. The molecular formula is C24H26. The van der Waals surface area contributed by atoms with Gasteiger partial charge in [-0.1, -0.05) is 79.7 Å². The van der Waals surface area contributed by atoms with Crippen LogP contribution in [-0.4, -0.2) is 0 Å². The Labute approximate surface area is 145 Å². The van der Waals surface area contributed by atoms with Crippen LogP contribution in [0, 0.1) is 0 Å². The Hall–Kier alpha value is -2.34. The van der Waals surface area contributed by atoms with Gasteiger partial charge in [0.1, 0.15) is 0 Å². The fraction of sp³-hybridized carbons (Fsp3) is 0.250. The Balaban J connectivity index is 1.89. The molecule has 0 spiro atoms. The first-order valence-corrected chi connectivity index (χ1v) is 9.01. The lowest BCUT2D eigenvalue weighted by Gasteiger charge is -2.19. The number of rotatable bonds is 7. The summed E-state index contributed by atoms with van der Waals surface area (Å²) in [6, 6.07) is 24.6. The third-order valence-electron chi connectivity index (χ3n) is 4.86. The Morgan fingerprint density at radius 3 is 2.42 bits per heavy atom. The molecule has 0 saturated carbocycles. The summed E-state index contributed by atoms with van der Waals surface area (Å²) in [5, 5.41) is 2.71. The summed E-state index contributed by atoms with van der Waals surface area (Å²) in [4.78, 5) is 0. The van der Waals surface area contributed by atoms with E-state index in [9.17, 15) is 0 Å². The van der Waals surface area contributed by atoms with Gasteiger partial charge in [0.2, 0.25) is 0 Å². The van der Waals surface area contributed by atoms with Gasteiger partial charge in [-0.15, -0.1) is 6.58 Å². The molecule has 24 heavy (non-hydrogen) atoms. The second kappa shape index (κ2) is 7.97. The summed E-state index contributed by atoms with van der Waals surface area (Å²) >= 11 is 0. The maximum Gasteiger partial charge on any atom is 0.00928 e. The van der Waals surface area contributed by atoms with Crippen LogP contribution in [0.1, 0.15) is 48.8 Å². The average Bonchev–Trinajstić information content (AvgIpc) is 2.64. The molecule has 3 aromatic carbocycles. The molecule has 0 fully saturated rings. The standard InChI is InChI=1S/C24H26/c1-3-5-6-10-19-15-17-21(18-16-19)22(4-2)24-14-9-12-20-11-7-8-13-23(20)24/h3,7-9,11-18,22H,1,4-6,10H2,2H3. The molecule has 1 atom stereocenters. The van der Waals surface area contributed by atoms with E-state index in [-0.39, 0.29) is 0 Å². The minimum atomic E-state index is 0.457. The van der Waals surface area contributed by atoms with E-state index < -0.39 is 0 Å². The molecule has 0 amide bonds. The molecule has 3 rings (SSSR count). The quantitative estimate of drug-likeness (QED) is 0.329. The molecule has 1 unspecified atom stereocenters. The van der Waals surface area contributed by atoms with Gasteiger partial charge in [0.25, 0.3) is 0 Å². The Bertz CT molecular complexity index is 790. The molecule has 0 nitrogen and oxygen atoms in total. The summed E-state index contributed by atoms with van der Waals surface area (Å²) < 4.78 is 0. The van der Waals surface area contributed by atoms with Gasteiger partial charge in [-0.2, -0.15) is 0 Å². The van der Waals surface area contributed by atoms with Crippen molar-refractivity contribution in [3.8, 4) is 0 Å². The first-order valence-electron chi connectivity index (χ1n) is 9.01. The van der Waals surface area contributed by atoms with Crippen molar-refractivity contribution < 1.29 is 0 Å². The SMILES string of the molecule is C=CCCCc1ccc(C(CC)c2cccc3ccccc23)cc1. The monoisotopic (exact) mass is 314 g/mol. The zero-order chi connectivity index (χ0) is 16.8. The highest BCUT2D eigenvalue weighted by molar-refractivity contribution is 5.86. The van der Waals surface area contributed by atoms with Crippen LogP contribution < -0.4 is 0 Å². The first-order chi connectivity index (χ1) is 11.8. The fourth-order valence-electron chi connectivity index (χ4n) is 3.56. The van der Waals surface area contributed by atoms with Gasteiger partial charge in [-0.25, -0.2) is 0 Å². The van der Waals surface area contributed by atoms with Crippen molar-refractivity contribution in [3.63, 3.8) is 0 Å². The van der Waals surface area contributed by atoms with Crippen LogP contribution in [0.5, 0.6) is 0 Å². The number of aryl methyl sites for hydroxylation is 1. The van der Waals surface area contributed by atoms with Crippen molar-refractivity contribution in [2.45, 2.75) is 38.5 Å². The van der Waals surface area contributed by atoms with Gasteiger partial charge in [0, 0.05) is 5.92 Å². The van der Waals surface area contributed by atoms with Gasteiger partial charge in [0.05, 0.1) is 0 Å². The largest absolute Gasteiger partial charge is 0.103 e. The molecule has 0 aromatic heterocycles. The second-order valence-electron chi connectivity index (χ2n) is 6.45. The molecule has 0 bridgehead atoms. The third kappa shape index (κ3) is 3.59. The van der Waals surface area contributed by atoms with Gasteiger partial charge >= 0.3 is 0 Å². The van der Waals surface area contributed by atoms with E-state index in [4.69, 9.17) is 0 Å². The van der Waals surface area contributed by atoms with E-state index in [1.165, 1.54) is 33.9 Å². The molecule has 0 N–H and O–H groups in total. The lowest BCUT2D eigenvalue weighted by molar-refractivity contribution is 0.781. The van der Waals surface area contributed by atoms with Crippen molar-refractivity contribution in [1.29, 1.82) is 0 Å². The van der Waals surface area contributed by atoms with Crippen molar-refractivity contribution >= 4 is 10.8 Å². The first kappa shape index (κ1) is 16.5. The zero-order valence-electron chi connectivity index (χ0n) is 14.5. The second-order valence-corrected chi connectivity index (χ2v) is 6.45. The van der Waals surface area contributed by atoms with Crippen molar-refractivity contribution in [2.75, 3.05) is 0 Å². The van der Waals surface area contributed by atoms with Crippen molar-refractivity contribution in [3.05, 3.63) is 96.1 Å². The molecule has 0 aliphatic carbocycles. The van der Waals surface area contributed by atoms with E-state index in [1.54, 1.807) is 0 Å². The number of hydrogen-bond acceptors (Lipinski definition) is 0. The van der Waals surface area contributed by atoms with Gasteiger partial charge < -0.3 is 0 Å². The van der Waals surface area contributed by atoms with Gasteiger partial charge in [-0.05, 0) is 53.1 Å². The van der Waals surface area contributed by atoms with Crippen LogP contribution in [-0.2, 0) is 6.42 Å². The lowest BCUT2D eigenvalue weighted by atomic mass is 9.85. The average molecular weight is 314 g/mol. The van der Waals surface area contributed by atoms with Gasteiger partial charge in [-0.3, -0.25) is 0 Å². The van der Waals surface area contributed by atoms with Crippen LogP contribution in [0.15, 0.2) is 79.4 Å². The molecule has 0 aliphatic rings. The molecular weight excluding hydrogens is 288 g/mol. The van der Waals surface area contributed by atoms with Crippen molar-refractivity contribution in [1.82, 2.24) is 0 Å². The summed E-state index contributed by atoms with van der Waals surface area (Å²) in [5.74, 6) is 0.457. The lowest BCUT2D eigenvalue weighted by Crippen LogP contribution is -2.01. The number of allylic oxidation sites excluding steroid dienone is 1. The minimum Gasteiger partial charge on any atom is -0.103 e. The highest BCUT2D eigenvalue weighted by atomic mass is 14.2. The van der Waals surface area contributed by atoms with Crippen LogP contribution in [0.4, 0.5) is 0 Å². The molecule has 0 aliphatic heterocycles. The summed E-state index contributed by atoms with van der Waals surface area (Å²) in [6.07, 6.45) is 6.53. The van der Waals surface area contributed by atoms with Crippen molar-refractivity contribution in [2.24, 2.45) is 0 Å². The van der Waals surface area contributed by atoms with Gasteiger partial charge in [0.15, 0.2) is 0 Å². The Morgan fingerprint density at radius 2 is 1.67 bits per heavy atom. The predicted molar refractivity (Wildman–Crippen MR) is 106 cm³/mol. The van der Waals surface area contributed by atoms with Crippen LogP contribution in [0.25, 0.3) is 10.8 Å². The van der Waals surface area contributed by atoms with E-state index in [2.05, 4.69) is 80.2 Å². The molecule has 0 heteroatoms. The van der Waals surface area contributed by atoms with E-state index >= 15 is 0 Å². The predicted octanol–water partition coefficient (Wildman–Crippen LogP) is 6.89. The molecule has 0 heterocycles. The van der Waals surface area contributed by atoms with Crippen LogP contribution >= 0.6 is 0 Å². The van der Waals surface area contributed by atoms with E-state index in [0.717, 1.165) is 19.3 Å². The highest BCUT2D eigenvalue weighted by Gasteiger charge is 2.14. The third-order valence-corrected chi connectivity index (χ3v) is 4.86. The minimum absolute atomic E-state index is 0.457. The smallest absolute Gasteiger partial charge is 0.00928 e. The summed E-state index contributed by atoms with van der Waals surface area (Å²) in [6.45, 7) is 6.08.